The first-order chi connectivity index (χ1) is 14.6. The van der Waals surface area contributed by atoms with Gasteiger partial charge in [-0.05, 0) is 45.0 Å². The van der Waals surface area contributed by atoms with Crippen LogP contribution in [0.15, 0.2) is 56.7 Å². The van der Waals surface area contributed by atoms with E-state index in [1.807, 2.05) is 20.8 Å². The fourth-order valence-electron chi connectivity index (χ4n) is 3.71. The van der Waals surface area contributed by atoms with E-state index in [2.05, 4.69) is 0 Å². The summed E-state index contributed by atoms with van der Waals surface area (Å²) in [6.45, 7) is 5.74. The second-order valence-electron chi connectivity index (χ2n) is 8.59. The zero-order valence-electron chi connectivity index (χ0n) is 17.7. The first-order valence-electron chi connectivity index (χ1n) is 10.1. The third-order valence-corrected chi connectivity index (χ3v) is 6.92. The molecule has 1 N–H and O–H groups in total. The van der Waals surface area contributed by atoms with Crippen molar-refractivity contribution >= 4 is 26.9 Å². The van der Waals surface area contributed by atoms with Gasteiger partial charge in [-0.2, -0.15) is 0 Å². The Morgan fingerprint density at radius 1 is 1.16 bits per heavy atom. The molecule has 1 aromatic heterocycles. The van der Waals surface area contributed by atoms with Crippen LogP contribution >= 0.6 is 0 Å². The lowest BCUT2D eigenvalue weighted by molar-refractivity contribution is 0.0220. The molecule has 0 spiro atoms. The van der Waals surface area contributed by atoms with Crippen LogP contribution in [0, 0.1) is 0 Å². The van der Waals surface area contributed by atoms with Crippen LogP contribution in [-0.2, 0) is 34.1 Å². The third-order valence-electron chi connectivity index (χ3n) is 5.17. The predicted molar refractivity (Wildman–Crippen MR) is 114 cm³/mol. The van der Waals surface area contributed by atoms with Crippen molar-refractivity contribution in [3.05, 3.63) is 59.4 Å². The molecule has 0 aliphatic carbocycles. The number of carbonyl (C=O) groups excluding carboxylic acids is 1. The molecule has 31 heavy (non-hydrogen) atoms. The minimum atomic E-state index is -3.78. The molecule has 1 amide bonds. The maximum absolute atomic E-state index is 13.2. The lowest BCUT2D eigenvalue weighted by Gasteiger charge is -2.29. The molecule has 8 heteroatoms. The average molecular weight is 444 g/mol. The molecule has 0 saturated carbocycles. The van der Waals surface area contributed by atoms with Crippen LogP contribution < -0.4 is 0 Å². The van der Waals surface area contributed by atoms with Gasteiger partial charge in [0.1, 0.15) is 16.9 Å². The van der Waals surface area contributed by atoms with E-state index in [1.54, 1.807) is 29.2 Å². The fraction of sp³-hybridized carbons (Fsp3) is 0.348. The quantitative estimate of drug-likeness (QED) is 0.656. The minimum Gasteiger partial charge on any atom is -0.460 e. The molecule has 2 aromatic carbocycles. The van der Waals surface area contributed by atoms with Crippen LogP contribution in [0.25, 0.3) is 11.0 Å². The summed E-state index contributed by atoms with van der Waals surface area (Å²) in [5.41, 5.74) is 0.972. The smallest absolute Gasteiger partial charge is 0.410 e. The van der Waals surface area contributed by atoms with Crippen LogP contribution in [0.1, 0.15) is 37.7 Å². The number of aliphatic hydroxyl groups is 1. The Morgan fingerprint density at radius 3 is 2.52 bits per heavy atom. The van der Waals surface area contributed by atoms with Crippen molar-refractivity contribution in [1.29, 1.82) is 0 Å². The maximum atomic E-state index is 13.2. The lowest BCUT2D eigenvalue weighted by Crippen LogP contribution is -2.39. The van der Waals surface area contributed by atoms with E-state index in [-0.39, 0.29) is 22.9 Å². The highest BCUT2D eigenvalue weighted by molar-refractivity contribution is 7.91. The fourth-order valence-corrected chi connectivity index (χ4v) is 5.07. The Kier molecular flexibility index (Phi) is 5.31. The summed E-state index contributed by atoms with van der Waals surface area (Å²) in [4.78, 5) is 14.4. The van der Waals surface area contributed by atoms with E-state index in [0.717, 1.165) is 5.56 Å². The van der Waals surface area contributed by atoms with Gasteiger partial charge in [-0.3, -0.25) is 0 Å². The lowest BCUT2D eigenvalue weighted by atomic mass is 10.0. The van der Waals surface area contributed by atoms with Crippen molar-refractivity contribution in [3.8, 4) is 0 Å². The number of hydrogen-bond acceptors (Lipinski definition) is 6. The molecular formula is C23H25NO6S. The molecule has 164 valence electrons. The Morgan fingerprint density at radius 2 is 1.87 bits per heavy atom. The molecular weight excluding hydrogens is 418 g/mol. The molecule has 0 bridgehead atoms. The van der Waals surface area contributed by atoms with Gasteiger partial charge in [-0.1, -0.05) is 18.2 Å². The van der Waals surface area contributed by atoms with Crippen LogP contribution in [-0.4, -0.2) is 36.7 Å². The van der Waals surface area contributed by atoms with Gasteiger partial charge in [0, 0.05) is 29.5 Å². The number of fused-ring (bicyclic) bond motifs is 3. The van der Waals surface area contributed by atoms with E-state index in [1.165, 1.54) is 18.2 Å². The van der Waals surface area contributed by atoms with E-state index < -0.39 is 21.5 Å². The highest BCUT2D eigenvalue weighted by Crippen LogP contribution is 2.36. The van der Waals surface area contributed by atoms with E-state index in [4.69, 9.17) is 9.15 Å². The van der Waals surface area contributed by atoms with Crippen molar-refractivity contribution in [2.24, 2.45) is 0 Å². The number of nitrogens with zero attached hydrogens (tertiary/aromatic N) is 1. The number of furan rings is 1. The third kappa shape index (κ3) is 4.05. The van der Waals surface area contributed by atoms with Crippen LogP contribution in [0.2, 0.25) is 0 Å². The van der Waals surface area contributed by atoms with Crippen molar-refractivity contribution in [1.82, 2.24) is 4.90 Å². The van der Waals surface area contributed by atoms with Gasteiger partial charge in [0.15, 0.2) is 0 Å². The Labute approximate surface area is 181 Å². The van der Waals surface area contributed by atoms with Gasteiger partial charge in [-0.25, -0.2) is 13.2 Å². The standard InChI is InChI=1S/C23H25NO6S/c1-23(2,3)30-22(26)24-10-9-20-19(13-24)18-12-17(11-15(14-25)21(18)29-20)31(27,28)16-7-5-4-6-8-16/h4-8,11-12,25H,9-10,13-14H2,1-3H3. The number of sulfone groups is 1. The molecule has 0 atom stereocenters. The van der Waals surface area contributed by atoms with Gasteiger partial charge in [0.05, 0.1) is 22.9 Å². The SMILES string of the molecule is CC(C)(C)OC(=O)N1CCc2oc3c(CO)cc(S(=O)(=O)c4ccccc4)cc3c2C1. The highest BCUT2D eigenvalue weighted by Gasteiger charge is 2.30. The Balaban J connectivity index is 1.79. The highest BCUT2D eigenvalue weighted by atomic mass is 32.2. The molecule has 7 nitrogen and oxygen atoms in total. The molecule has 2 heterocycles. The molecule has 0 unspecified atom stereocenters. The number of aliphatic hydroxyl groups excluding tert-OH is 1. The molecule has 1 aliphatic heterocycles. The van der Waals surface area contributed by atoms with Crippen LogP contribution in [0.3, 0.4) is 0 Å². The number of rotatable bonds is 3. The molecule has 3 aromatic rings. The molecule has 0 radical (unpaired) electrons. The molecule has 1 aliphatic rings. The van der Waals surface area contributed by atoms with Crippen molar-refractivity contribution in [2.75, 3.05) is 6.54 Å². The minimum absolute atomic E-state index is 0.0771. The summed E-state index contributed by atoms with van der Waals surface area (Å²) < 4.78 is 37.8. The Hall–Kier alpha value is -2.84. The first-order valence-corrected chi connectivity index (χ1v) is 11.5. The largest absolute Gasteiger partial charge is 0.460 e. The summed E-state index contributed by atoms with van der Waals surface area (Å²) in [5, 5.41) is 10.5. The zero-order chi connectivity index (χ0) is 22.4. The van der Waals surface area contributed by atoms with Crippen LogP contribution in [0.4, 0.5) is 4.79 Å². The van der Waals surface area contributed by atoms with Gasteiger partial charge in [0.2, 0.25) is 9.84 Å². The Bertz CT molecular complexity index is 1240. The number of carbonyl (C=O) groups is 1. The number of hydrogen-bond donors (Lipinski definition) is 1. The number of benzene rings is 2. The van der Waals surface area contributed by atoms with E-state index >= 15 is 0 Å². The van der Waals surface area contributed by atoms with E-state index in [9.17, 15) is 18.3 Å². The van der Waals surface area contributed by atoms with Crippen molar-refractivity contribution in [2.45, 2.75) is 55.7 Å². The zero-order valence-corrected chi connectivity index (χ0v) is 18.5. The van der Waals surface area contributed by atoms with Crippen molar-refractivity contribution in [3.63, 3.8) is 0 Å². The van der Waals surface area contributed by atoms with E-state index in [0.29, 0.717) is 35.3 Å². The van der Waals surface area contributed by atoms with Gasteiger partial charge >= 0.3 is 6.09 Å². The summed E-state index contributed by atoms with van der Waals surface area (Å²) in [7, 11) is -3.78. The molecule has 4 rings (SSSR count). The van der Waals surface area contributed by atoms with Crippen molar-refractivity contribution < 1.29 is 27.5 Å². The van der Waals surface area contributed by atoms with Gasteiger partial charge in [0.25, 0.3) is 0 Å². The summed E-state index contributed by atoms with van der Waals surface area (Å²) in [5.74, 6) is 0.693. The molecule has 0 fully saturated rings. The van der Waals surface area contributed by atoms with Gasteiger partial charge < -0.3 is 19.2 Å². The summed E-state index contributed by atoms with van der Waals surface area (Å²) in [6.07, 6.45) is 0.0532. The second-order valence-corrected chi connectivity index (χ2v) is 10.5. The van der Waals surface area contributed by atoms with Gasteiger partial charge in [-0.15, -0.1) is 0 Å². The maximum Gasteiger partial charge on any atom is 0.410 e. The summed E-state index contributed by atoms with van der Waals surface area (Å²) >= 11 is 0. The molecule has 0 saturated heterocycles. The van der Waals surface area contributed by atoms with Crippen LogP contribution in [0.5, 0.6) is 0 Å². The monoisotopic (exact) mass is 443 g/mol. The first kappa shape index (κ1) is 21.4. The normalized spacial score (nSPS) is 14.5. The summed E-state index contributed by atoms with van der Waals surface area (Å²) in [6, 6.07) is 11.2. The topological polar surface area (TPSA) is 97.0 Å². The average Bonchev–Trinajstić information content (AvgIpc) is 3.10. The second kappa shape index (κ2) is 7.69. The predicted octanol–water partition coefficient (Wildman–Crippen LogP) is 4.05. The number of amides is 1. The number of ether oxygens (including phenoxy) is 1.